The van der Waals surface area contributed by atoms with Crippen LogP contribution < -0.4 is 10.5 Å². The van der Waals surface area contributed by atoms with Crippen LogP contribution in [-0.2, 0) is 4.74 Å². The average molecular weight is 362 g/mol. The molecule has 0 aliphatic carbocycles. The molecule has 6 heteroatoms. The van der Waals surface area contributed by atoms with E-state index in [-0.39, 0.29) is 18.4 Å². The number of hydrogen-bond acceptors (Lipinski definition) is 4. The van der Waals surface area contributed by atoms with Crippen molar-refractivity contribution >= 4 is 21.8 Å². The number of aromatic nitrogens is 1. The van der Waals surface area contributed by atoms with Gasteiger partial charge in [-0.15, -0.1) is 0 Å². The molecule has 0 radical (unpaired) electrons. The number of amidine groups is 1. The lowest BCUT2D eigenvalue weighted by molar-refractivity contribution is 0.159. The molecule has 2 aromatic rings. The first-order valence-electron chi connectivity index (χ1n) is 6.89. The summed E-state index contributed by atoms with van der Waals surface area (Å²) in [6, 6.07) is 7.93. The van der Waals surface area contributed by atoms with E-state index >= 15 is 0 Å². The van der Waals surface area contributed by atoms with E-state index in [0.29, 0.717) is 6.61 Å². The number of halogens is 1. The van der Waals surface area contributed by atoms with Crippen LogP contribution in [0, 0.1) is 12.3 Å². The van der Waals surface area contributed by atoms with Gasteiger partial charge in [-0.3, -0.25) is 10.4 Å². The molecule has 22 heavy (non-hydrogen) atoms. The number of nitrogens with two attached hydrogens (primary N) is 1. The molecule has 1 aromatic heterocycles. The predicted octanol–water partition coefficient (Wildman–Crippen LogP) is 3.34. The zero-order valence-electron chi connectivity index (χ0n) is 12.1. The van der Waals surface area contributed by atoms with Crippen LogP contribution in [0.4, 0.5) is 0 Å². The molecule has 3 rings (SSSR count). The van der Waals surface area contributed by atoms with Crippen LogP contribution in [0.1, 0.15) is 22.7 Å². The summed E-state index contributed by atoms with van der Waals surface area (Å²) in [5, 5.41) is 7.28. The molecule has 1 aliphatic rings. The van der Waals surface area contributed by atoms with Gasteiger partial charge in [0.2, 0.25) is 0 Å². The monoisotopic (exact) mass is 361 g/mol. The van der Waals surface area contributed by atoms with E-state index in [4.69, 9.17) is 20.6 Å². The highest BCUT2D eigenvalue weighted by Crippen LogP contribution is 2.44. The van der Waals surface area contributed by atoms with Crippen LogP contribution in [-0.4, -0.2) is 24.0 Å². The number of nitrogens with one attached hydrogen (secondary N) is 1. The summed E-state index contributed by atoms with van der Waals surface area (Å²) < 4.78 is 12.5. The van der Waals surface area contributed by atoms with E-state index in [9.17, 15) is 0 Å². The van der Waals surface area contributed by atoms with Crippen LogP contribution in [0.3, 0.4) is 0 Å². The largest absolute Gasteiger partial charge is 0.455 e. The SMILES string of the molecule is Cc1cc2c(cn1)Oc1ccc(Br)cc1C2COCC(=N)N. The molecule has 1 unspecified atom stereocenters. The van der Waals surface area contributed by atoms with Gasteiger partial charge in [-0.25, -0.2) is 0 Å². The second kappa shape index (κ2) is 6.06. The van der Waals surface area contributed by atoms with Gasteiger partial charge in [0.1, 0.15) is 23.9 Å². The Morgan fingerprint density at radius 3 is 2.91 bits per heavy atom. The number of fused-ring (bicyclic) bond motifs is 2. The van der Waals surface area contributed by atoms with E-state index in [2.05, 4.69) is 20.9 Å². The standard InChI is InChI=1S/C16H16BrN3O2/c1-9-4-11-13(7-21-8-16(18)19)12-5-10(17)2-3-14(12)22-15(11)6-20-9/h2-6,13H,7-8H2,1H3,(H3,18,19). The highest BCUT2D eigenvalue weighted by atomic mass is 79.9. The van der Waals surface area contributed by atoms with Gasteiger partial charge in [0.15, 0.2) is 0 Å². The number of aryl methyl sites for hydroxylation is 1. The Bertz CT molecular complexity index is 682. The van der Waals surface area contributed by atoms with Gasteiger partial charge in [-0.2, -0.15) is 0 Å². The molecule has 5 nitrogen and oxygen atoms in total. The lowest BCUT2D eigenvalue weighted by atomic mass is 9.89. The maximum atomic E-state index is 7.28. The Kier molecular flexibility index (Phi) is 4.13. The van der Waals surface area contributed by atoms with Gasteiger partial charge in [0, 0.05) is 27.2 Å². The second-order valence-corrected chi connectivity index (χ2v) is 6.16. The number of nitrogens with zero attached hydrogens (tertiary/aromatic N) is 1. The Morgan fingerprint density at radius 2 is 2.14 bits per heavy atom. The zero-order chi connectivity index (χ0) is 15.7. The van der Waals surface area contributed by atoms with Crippen molar-refractivity contribution in [2.24, 2.45) is 5.73 Å². The van der Waals surface area contributed by atoms with Gasteiger partial charge >= 0.3 is 0 Å². The molecule has 1 aliphatic heterocycles. The topological polar surface area (TPSA) is 81.2 Å². The maximum absolute atomic E-state index is 7.28. The lowest BCUT2D eigenvalue weighted by Gasteiger charge is -2.28. The Balaban J connectivity index is 1.99. The van der Waals surface area contributed by atoms with E-state index in [0.717, 1.165) is 32.8 Å². The quantitative estimate of drug-likeness (QED) is 0.646. The fourth-order valence-corrected chi connectivity index (χ4v) is 2.94. The smallest absolute Gasteiger partial charge is 0.149 e. The van der Waals surface area contributed by atoms with Crippen LogP contribution in [0.25, 0.3) is 0 Å². The minimum atomic E-state index is 0.0210. The maximum Gasteiger partial charge on any atom is 0.149 e. The molecule has 0 fully saturated rings. The van der Waals surface area contributed by atoms with Crippen molar-refractivity contribution in [1.82, 2.24) is 4.98 Å². The second-order valence-electron chi connectivity index (χ2n) is 5.24. The third-order valence-corrected chi connectivity index (χ3v) is 4.01. The summed E-state index contributed by atoms with van der Waals surface area (Å²) in [7, 11) is 0. The predicted molar refractivity (Wildman–Crippen MR) is 87.8 cm³/mol. The minimum Gasteiger partial charge on any atom is -0.455 e. The van der Waals surface area contributed by atoms with Crippen molar-refractivity contribution in [3.63, 3.8) is 0 Å². The molecule has 114 valence electrons. The summed E-state index contributed by atoms with van der Waals surface area (Å²) in [6.45, 7) is 2.51. The summed E-state index contributed by atoms with van der Waals surface area (Å²) in [5.74, 6) is 1.60. The summed E-state index contributed by atoms with van der Waals surface area (Å²) in [6.07, 6.45) is 1.74. The van der Waals surface area contributed by atoms with Gasteiger partial charge in [-0.05, 0) is 31.2 Å². The van der Waals surface area contributed by atoms with Gasteiger partial charge < -0.3 is 15.2 Å². The first-order chi connectivity index (χ1) is 10.5. The molecule has 1 aromatic carbocycles. The van der Waals surface area contributed by atoms with Crippen molar-refractivity contribution in [3.05, 3.63) is 51.8 Å². The van der Waals surface area contributed by atoms with Crippen molar-refractivity contribution in [1.29, 1.82) is 5.41 Å². The number of ether oxygens (including phenoxy) is 2. The molecule has 0 amide bonds. The molecule has 0 saturated heterocycles. The van der Waals surface area contributed by atoms with E-state index < -0.39 is 0 Å². The lowest BCUT2D eigenvalue weighted by Crippen LogP contribution is -2.21. The van der Waals surface area contributed by atoms with Crippen LogP contribution >= 0.6 is 15.9 Å². The fraction of sp³-hybridized carbons (Fsp3) is 0.250. The Morgan fingerprint density at radius 1 is 1.36 bits per heavy atom. The van der Waals surface area contributed by atoms with Gasteiger partial charge in [0.25, 0.3) is 0 Å². The molecular formula is C16H16BrN3O2. The number of rotatable bonds is 4. The van der Waals surface area contributed by atoms with E-state index in [1.54, 1.807) is 6.20 Å². The molecule has 0 spiro atoms. The van der Waals surface area contributed by atoms with Crippen molar-refractivity contribution in [2.45, 2.75) is 12.8 Å². The van der Waals surface area contributed by atoms with Gasteiger partial charge in [-0.1, -0.05) is 15.9 Å². The van der Waals surface area contributed by atoms with Crippen molar-refractivity contribution < 1.29 is 9.47 Å². The van der Waals surface area contributed by atoms with Gasteiger partial charge in [0.05, 0.1) is 12.8 Å². The van der Waals surface area contributed by atoms with Crippen LogP contribution in [0.2, 0.25) is 0 Å². The first-order valence-corrected chi connectivity index (χ1v) is 7.68. The summed E-state index contributed by atoms with van der Waals surface area (Å²) in [5.41, 5.74) is 8.38. The number of hydrogen-bond donors (Lipinski definition) is 2. The first kappa shape index (κ1) is 15.0. The number of benzene rings is 1. The Hall–Kier alpha value is -1.92. The summed E-state index contributed by atoms with van der Waals surface area (Å²) >= 11 is 3.50. The van der Waals surface area contributed by atoms with E-state index in [1.165, 1.54) is 0 Å². The normalized spacial score (nSPS) is 15.6. The fourth-order valence-electron chi connectivity index (χ4n) is 2.56. The highest BCUT2D eigenvalue weighted by Gasteiger charge is 2.28. The zero-order valence-corrected chi connectivity index (χ0v) is 13.7. The Labute approximate surface area is 137 Å². The average Bonchev–Trinajstić information content (AvgIpc) is 2.47. The molecule has 1 atom stereocenters. The molecule has 0 bridgehead atoms. The van der Waals surface area contributed by atoms with Crippen molar-refractivity contribution in [2.75, 3.05) is 13.2 Å². The van der Waals surface area contributed by atoms with E-state index in [1.807, 2.05) is 31.2 Å². The van der Waals surface area contributed by atoms with Crippen LogP contribution in [0.5, 0.6) is 11.5 Å². The minimum absolute atomic E-state index is 0.0210. The molecule has 2 heterocycles. The van der Waals surface area contributed by atoms with Crippen molar-refractivity contribution in [3.8, 4) is 11.5 Å². The summed E-state index contributed by atoms with van der Waals surface area (Å²) in [4.78, 5) is 4.30. The van der Waals surface area contributed by atoms with Crippen LogP contribution in [0.15, 0.2) is 34.9 Å². The third-order valence-electron chi connectivity index (χ3n) is 3.52. The molecule has 0 saturated carbocycles. The highest BCUT2D eigenvalue weighted by molar-refractivity contribution is 9.10. The molecule has 3 N–H and O–H groups in total. The third kappa shape index (κ3) is 2.98. The molecular weight excluding hydrogens is 346 g/mol. The number of pyridine rings is 1.